The summed E-state index contributed by atoms with van der Waals surface area (Å²) in [6.45, 7) is 2.03. The largest absolute Gasteiger partial charge is 0.508 e. The van der Waals surface area contributed by atoms with Crippen molar-refractivity contribution in [3.8, 4) is 17.1 Å². The Bertz CT molecular complexity index is 717. The summed E-state index contributed by atoms with van der Waals surface area (Å²) in [5, 5.41) is 13.7. The fraction of sp³-hybridized carbons (Fsp3) is 0.125. The Morgan fingerprint density at radius 3 is 2.55 bits per heavy atom. The first-order valence-corrected chi connectivity index (χ1v) is 6.39. The molecule has 0 spiro atoms. The molecule has 0 aliphatic carbocycles. The van der Waals surface area contributed by atoms with Gasteiger partial charge >= 0.3 is 0 Å². The Kier molecular flexibility index (Phi) is 3.21. The topological polar surface area (TPSA) is 59.2 Å². The smallest absolute Gasteiger partial charge is 0.231 e. The van der Waals surface area contributed by atoms with Crippen LogP contribution in [-0.2, 0) is 6.42 Å². The summed E-state index contributed by atoms with van der Waals surface area (Å²) in [6.07, 6.45) is 0.422. The van der Waals surface area contributed by atoms with E-state index in [0.29, 0.717) is 18.1 Å². The van der Waals surface area contributed by atoms with E-state index in [9.17, 15) is 5.11 Å². The van der Waals surface area contributed by atoms with Crippen molar-refractivity contribution in [1.82, 2.24) is 10.1 Å². The average molecular weight is 266 g/mol. The molecule has 0 bridgehead atoms. The fourth-order valence-electron chi connectivity index (χ4n) is 1.97. The van der Waals surface area contributed by atoms with Crippen LogP contribution in [0.15, 0.2) is 53.1 Å². The molecule has 0 saturated heterocycles. The van der Waals surface area contributed by atoms with Gasteiger partial charge in [-0.25, -0.2) is 0 Å². The third-order valence-electron chi connectivity index (χ3n) is 3.11. The van der Waals surface area contributed by atoms with E-state index in [1.54, 1.807) is 12.1 Å². The number of para-hydroxylation sites is 1. The van der Waals surface area contributed by atoms with Gasteiger partial charge in [0.1, 0.15) is 5.75 Å². The van der Waals surface area contributed by atoms with Crippen LogP contribution in [0.5, 0.6) is 5.75 Å². The Labute approximate surface area is 116 Å². The van der Waals surface area contributed by atoms with E-state index in [1.165, 1.54) is 5.56 Å². The lowest BCUT2D eigenvalue weighted by Gasteiger charge is -1.99. The lowest BCUT2D eigenvalue weighted by Crippen LogP contribution is -1.89. The van der Waals surface area contributed by atoms with E-state index < -0.39 is 0 Å². The van der Waals surface area contributed by atoms with Gasteiger partial charge in [-0.05, 0) is 13.0 Å². The van der Waals surface area contributed by atoms with E-state index in [2.05, 4.69) is 10.1 Å². The highest BCUT2D eigenvalue weighted by Gasteiger charge is 2.10. The first-order chi connectivity index (χ1) is 9.72. The minimum Gasteiger partial charge on any atom is -0.508 e. The van der Waals surface area contributed by atoms with Crippen molar-refractivity contribution >= 4 is 0 Å². The molecule has 0 amide bonds. The summed E-state index contributed by atoms with van der Waals surface area (Å²) in [5.41, 5.74) is 2.88. The molecule has 0 saturated carbocycles. The van der Waals surface area contributed by atoms with E-state index in [0.717, 1.165) is 11.1 Å². The second-order valence-electron chi connectivity index (χ2n) is 4.68. The molecule has 100 valence electrons. The van der Waals surface area contributed by atoms with Gasteiger partial charge in [0.05, 0.1) is 6.42 Å². The maximum atomic E-state index is 9.74. The minimum absolute atomic E-state index is 0.239. The van der Waals surface area contributed by atoms with Crippen LogP contribution in [0.25, 0.3) is 11.4 Å². The van der Waals surface area contributed by atoms with Crippen LogP contribution >= 0.6 is 0 Å². The SMILES string of the molecule is Cc1ccc(-c2noc(Cc3ccccc3O)n2)cc1. The highest BCUT2D eigenvalue weighted by atomic mass is 16.5. The monoisotopic (exact) mass is 266 g/mol. The molecule has 1 aromatic heterocycles. The molecule has 4 heteroatoms. The minimum atomic E-state index is 0.239. The Hall–Kier alpha value is -2.62. The summed E-state index contributed by atoms with van der Waals surface area (Å²) < 4.78 is 5.24. The van der Waals surface area contributed by atoms with Crippen LogP contribution in [0.1, 0.15) is 17.0 Å². The number of phenolic OH excluding ortho intramolecular Hbond substituents is 1. The van der Waals surface area contributed by atoms with Gasteiger partial charge in [0, 0.05) is 11.1 Å². The van der Waals surface area contributed by atoms with Gasteiger partial charge in [-0.2, -0.15) is 4.98 Å². The van der Waals surface area contributed by atoms with Gasteiger partial charge in [0.15, 0.2) is 0 Å². The molecule has 0 aliphatic rings. The van der Waals surface area contributed by atoms with Crippen molar-refractivity contribution in [2.45, 2.75) is 13.3 Å². The van der Waals surface area contributed by atoms with Crippen molar-refractivity contribution in [1.29, 1.82) is 0 Å². The van der Waals surface area contributed by atoms with Crippen LogP contribution in [0.4, 0.5) is 0 Å². The molecular formula is C16H14N2O2. The normalized spacial score (nSPS) is 10.7. The van der Waals surface area contributed by atoms with Gasteiger partial charge in [-0.3, -0.25) is 0 Å². The zero-order chi connectivity index (χ0) is 13.9. The molecule has 0 fully saturated rings. The Morgan fingerprint density at radius 1 is 1.05 bits per heavy atom. The maximum Gasteiger partial charge on any atom is 0.231 e. The number of phenols is 1. The number of aromatic nitrogens is 2. The highest BCUT2D eigenvalue weighted by molar-refractivity contribution is 5.54. The molecule has 3 rings (SSSR count). The van der Waals surface area contributed by atoms with Crippen molar-refractivity contribution in [3.05, 3.63) is 65.5 Å². The molecule has 1 heterocycles. The lowest BCUT2D eigenvalue weighted by molar-refractivity contribution is 0.383. The molecule has 1 N–H and O–H groups in total. The fourth-order valence-corrected chi connectivity index (χ4v) is 1.97. The summed E-state index contributed by atoms with van der Waals surface area (Å²) in [4.78, 5) is 4.36. The Balaban J connectivity index is 1.84. The number of benzene rings is 2. The molecule has 4 nitrogen and oxygen atoms in total. The van der Waals surface area contributed by atoms with Gasteiger partial charge in [0.25, 0.3) is 0 Å². The molecule has 0 aliphatic heterocycles. The van der Waals surface area contributed by atoms with Crippen LogP contribution in [-0.4, -0.2) is 15.2 Å². The Morgan fingerprint density at radius 2 is 1.80 bits per heavy atom. The van der Waals surface area contributed by atoms with Crippen molar-refractivity contribution in [2.75, 3.05) is 0 Å². The second-order valence-corrected chi connectivity index (χ2v) is 4.68. The third kappa shape index (κ3) is 2.54. The van der Waals surface area contributed by atoms with Gasteiger partial charge in [0.2, 0.25) is 11.7 Å². The zero-order valence-corrected chi connectivity index (χ0v) is 11.1. The van der Waals surface area contributed by atoms with Crippen molar-refractivity contribution < 1.29 is 9.63 Å². The highest BCUT2D eigenvalue weighted by Crippen LogP contribution is 2.21. The van der Waals surface area contributed by atoms with E-state index in [1.807, 2.05) is 43.3 Å². The van der Waals surface area contributed by atoms with Crippen LogP contribution in [0.2, 0.25) is 0 Å². The van der Waals surface area contributed by atoms with Crippen LogP contribution in [0.3, 0.4) is 0 Å². The van der Waals surface area contributed by atoms with Crippen LogP contribution < -0.4 is 0 Å². The quantitative estimate of drug-likeness (QED) is 0.789. The average Bonchev–Trinajstić information content (AvgIpc) is 2.91. The first kappa shape index (κ1) is 12.4. The maximum absolute atomic E-state index is 9.74. The summed E-state index contributed by atoms with van der Waals surface area (Å²) in [5.74, 6) is 1.29. The number of aromatic hydroxyl groups is 1. The van der Waals surface area contributed by atoms with Gasteiger partial charge < -0.3 is 9.63 Å². The molecular weight excluding hydrogens is 252 g/mol. The second kappa shape index (κ2) is 5.17. The third-order valence-corrected chi connectivity index (χ3v) is 3.11. The lowest BCUT2D eigenvalue weighted by atomic mass is 10.1. The van der Waals surface area contributed by atoms with E-state index >= 15 is 0 Å². The standard InChI is InChI=1S/C16H14N2O2/c1-11-6-8-12(9-7-11)16-17-15(20-18-16)10-13-4-2-3-5-14(13)19/h2-9,19H,10H2,1H3. The van der Waals surface area contributed by atoms with Crippen LogP contribution in [0, 0.1) is 6.92 Å². The number of aryl methyl sites for hydroxylation is 1. The number of rotatable bonds is 3. The zero-order valence-electron chi connectivity index (χ0n) is 11.1. The van der Waals surface area contributed by atoms with Gasteiger partial charge in [-0.1, -0.05) is 53.2 Å². The number of hydrogen-bond donors (Lipinski definition) is 1. The number of hydrogen-bond acceptors (Lipinski definition) is 4. The summed E-state index contributed by atoms with van der Waals surface area (Å²) >= 11 is 0. The molecule has 0 radical (unpaired) electrons. The molecule has 2 aromatic carbocycles. The predicted molar refractivity (Wildman–Crippen MR) is 75.4 cm³/mol. The summed E-state index contributed by atoms with van der Waals surface area (Å²) in [7, 11) is 0. The van der Waals surface area contributed by atoms with Crippen molar-refractivity contribution in [3.63, 3.8) is 0 Å². The molecule has 0 atom stereocenters. The van der Waals surface area contributed by atoms with Gasteiger partial charge in [-0.15, -0.1) is 0 Å². The molecule has 20 heavy (non-hydrogen) atoms. The van der Waals surface area contributed by atoms with Crippen molar-refractivity contribution in [2.24, 2.45) is 0 Å². The summed E-state index contributed by atoms with van der Waals surface area (Å²) in [6, 6.07) is 15.1. The molecule has 3 aromatic rings. The van der Waals surface area contributed by atoms with E-state index in [-0.39, 0.29) is 5.75 Å². The van der Waals surface area contributed by atoms with E-state index in [4.69, 9.17) is 4.52 Å². The predicted octanol–water partition coefficient (Wildman–Crippen LogP) is 3.34. The number of nitrogens with zero attached hydrogens (tertiary/aromatic N) is 2. The first-order valence-electron chi connectivity index (χ1n) is 6.39. The molecule has 0 unspecified atom stereocenters.